The van der Waals surface area contributed by atoms with Crippen molar-refractivity contribution < 1.29 is 19.2 Å². The van der Waals surface area contributed by atoms with E-state index in [2.05, 4.69) is 15.0 Å². The summed E-state index contributed by atoms with van der Waals surface area (Å²) in [6, 6.07) is 5.07. The number of ether oxygens (including phenoxy) is 2. The maximum absolute atomic E-state index is 12.4. The van der Waals surface area contributed by atoms with Gasteiger partial charge in [-0.15, -0.1) is 0 Å². The summed E-state index contributed by atoms with van der Waals surface area (Å²) in [4.78, 5) is 36.9. The van der Waals surface area contributed by atoms with Crippen LogP contribution >= 0.6 is 0 Å². The van der Waals surface area contributed by atoms with Gasteiger partial charge in [-0.25, -0.2) is 9.78 Å². The molecule has 0 radical (unpaired) electrons. The molecule has 1 saturated heterocycles. The van der Waals surface area contributed by atoms with Gasteiger partial charge in [0, 0.05) is 29.7 Å². The van der Waals surface area contributed by atoms with Gasteiger partial charge in [0.15, 0.2) is 0 Å². The number of aromatic amines is 1. The molecule has 3 heterocycles. The molecule has 10 heteroatoms. The molecule has 0 bridgehead atoms. The lowest BCUT2D eigenvalue weighted by molar-refractivity contribution is -0.385. The summed E-state index contributed by atoms with van der Waals surface area (Å²) in [6.07, 6.45) is 4.28. The zero-order valence-corrected chi connectivity index (χ0v) is 17.4. The molecule has 2 aromatic heterocycles. The molecule has 0 amide bonds. The van der Waals surface area contributed by atoms with Crippen molar-refractivity contribution >= 4 is 28.4 Å². The quantitative estimate of drug-likeness (QED) is 0.355. The van der Waals surface area contributed by atoms with Crippen molar-refractivity contribution in [3.8, 4) is 11.6 Å². The van der Waals surface area contributed by atoms with Gasteiger partial charge in [0.2, 0.25) is 5.82 Å². The lowest BCUT2D eigenvalue weighted by Gasteiger charge is -2.27. The molecule has 31 heavy (non-hydrogen) atoms. The maximum Gasteiger partial charge on any atom is 0.373 e. The van der Waals surface area contributed by atoms with Crippen molar-refractivity contribution in [2.24, 2.45) is 0 Å². The smallest absolute Gasteiger partial charge is 0.373 e. The number of carbonyl (C=O) groups is 1. The van der Waals surface area contributed by atoms with Gasteiger partial charge in [0.05, 0.1) is 17.1 Å². The molecule has 0 spiro atoms. The van der Waals surface area contributed by atoms with Gasteiger partial charge in [0.25, 0.3) is 0 Å². The minimum Gasteiger partial charge on any atom is -0.462 e. The van der Waals surface area contributed by atoms with E-state index in [1.807, 2.05) is 4.90 Å². The molecular weight excluding hydrogens is 402 g/mol. The highest BCUT2D eigenvalue weighted by Crippen LogP contribution is 2.38. The standard InChI is InChI=1S/C21H23N5O5/c1-3-30-21(27)17-13(2)24-16-8-7-14(11-15(16)17)31-20-18(26(28)29)19(22-12-23-20)25-9-5-4-6-10-25/h7-8,11-12,24H,3-6,9-10H2,1-2H3. The van der Waals surface area contributed by atoms with Gasteiger partial charge in [-0.2, -0.15) is 4.98 Å². The van der Waals surface area contributed by atoms with E-state index in [0.29, 0.717) is 35.5 Å². The van der Waals surface area contributed by atoms with E-state index in [1.165, 1.54) is 6.33 Å². The fourth-order valence-electron chi connectivity index (χ4n) is 3.87. The molecular formula is C21H23N5O5. The molecule has 162 valence electrons. The van der Waals surface area contributed by atoms with Crippen LogP contribution in [0.4, 0.5) is 11.5 Å². The predicted molar refractivity (Wildman–Crippen MR) is 114 cm³/mol. The Kier molecular flexibility index (Phi) is 5.70. The van der Waals surface area contributed by atoms with Crippen LogP contribution in [0.3, 0.4) is 0 Å². The highest BCUT2D eigenvalue weighted by atomic mass is 16.6. The minimum atomic E-state index is -0.512. The highest BCUT2D eigenvalue weighted by molar-refractivity contribution is 6.06. The number of carbonyl (C=O) groups excluding carboxylic acids is 1. The first-order chi connectivity index (χ1) is 15.0. The Labute approximate surface area is 178 Å². The lowest BCUT2D eigenvalue weighted by Crippen LogP contribution is -2.30. The minimum absolute atomic E-state index is 0.134. The fourth-order valence-corrected chi connectivity index (χ4v) is 3.87. The second-order valence-corrected chi connectivity index (χ2v) is 7.31. The van der Waals surface area contributed by atoms with Crippen LogP contribution in [-0.4, -0.2) is 45.5 Å². The number of fused-ring (bicyclic) bond motifs is 1. The second-order valence-electron chi connectivity index (χ2n) is 7.31. The van der Waals surface area contributed by atoms with Crippen molar-refractivity contribution in [2.45, 2.75) is 33.1 Å². The normalized spacial score (nSPS) is 13.9. The molecule has 1 fully saturated rings. The number of nitro groups is 1. The third-order valence-corrected chi connectivity index (χ3v) is 5.26. The number of esters is 1. The number of piperidine rings is 1. The molecule has 0 unspecified atom stereocenters. The topological polar surface area (TPSA) is 123 Å². The van der Waals surface area contributed by atoms with Gasteiger partial charge in [-0.05, 0) is 51.3 Å². The van der Waals surface area contributed by atoms with Gasteiger partial charge >= 0.3 is 17.5 Å². The average molecular weight is 425 g/mol. The number of H-pyrrole nitrogens is 1. The number of hydrogen-bond donors (Lipinski definition) is 1. The van der Waals surface area contributed by atoms with E-state index in [4.69, 9.17) is 9.47 Å². The Morgan fingerprint density at radius 1 is 1.26 bits per heavy atom. The third kappa shape index (κ3) is 4.00. The van der Waals surface area contributed by atoms with E-state index in [1.54, 1.807) is 32.0 Å². The number of rotatable bonds is 6. The van der Waals surface area contributed by atoms with E-state index < -0.39 is 10.9 Å². The van der Waals surface area contributed by atoms with Gasteiger partial charge < -0.3 is 19.4 Å². The Hall–Kier alpha value is -3.69. The monoisotopic (exact) mass is 425 g/mol. The lowest BCUT2D eigenvalue weighted by atomic mass is 10.1. The summed E-state index contributed by atoms with van der Waals surface area (Å²) >= 11 is 0. The summed E-state index contributed by atoms with van der Waals surface area (Å²) < 4.78 is 11.0. The Balaban J connectivity index is 1.73. The Morgan fingerprint density at radius 2 is 2.03 bits per heavy atom. The van der Waals surface area contributed by atoms with Gasteiger partial charge in [-0.3, -0.25) is 10.1 Å². The summed E-state index contributed by atoms with van der Waals surface area (Å²) in [7, 11) is 0. The van der Waals surface area contributed by atoms with Crippen molar-refractivity contribution in [2.75, 3.05) is 24.6 Å². The molecule has 0 saturated carbocycles. The molecule has 0 atom stereocenters. The first-order valence-corrected chi connectivity index (χ1v) is 10.2. The molecule has 3 aromatic rings. The number of benzene rings is 1. The number of hydrogen-bond acceptors (Lipinski definition) is 8. The zero-order chi connectivity index (χ0) is 22.0. The second kappa shape index (κ2) is 8.58. The molecule has 10 nitrogen and oxygen atoms in total. The first-order valence-electron chi connectivity index (χ1n) is 10.2. The molecule has 0 aliphatic carbocycles. The Bertz CT molecular complexity index is 1140. The summed E-state index contributed by atoms with van der Waals surface area (Å²) in [6.45, 7) is 5.19. The molecule has 1 aromatic carbocycles. The summed E-state index contributed by atoms with van der Waals surface area (Å²) in [5.74, 6) is 0.0117. The van der Waals surface area contributed by atoms with Crippen LogP contribution in [0, 0.1) is 17.0 Å². The zero-order valence-electron chi connectivity index (χ0n) is 17.4. The largest absolute Gasteiger partial charge is 0.462 e. The van der Waals surface area contributed by atoms with Crippen LogP contribution in [0.25, 0.3) is 10.9 Å². The van der Waals surface area contributed by atoms with Crippen molar-refractivity contribution in [3.63, 3.8) is 0 Å². The predicted octanol–water partition coefficient (Wildman–Crippen LogP) is 4.13. The molecule has 1 N–H and O–H groups in total. The number of nitrogens with zero attached hydrogens (tertiary/aromatic N) is 4. The number of aryl methyl sites for hydroxylation is 1. The van der Waals surface area contributed by atoms with Crippen LogP contribution < -0.4 is 9.64 Å². The van der Waals surface area contributed by atoms with Crippen LogP contribution in [0.15, 0.2) is 24.5 Å². The van der Waals surface area contributed by atoms with Gasteiger partial charge in [0.1, 0.15) is 12.1 Å². The average Bonchev–Trinajstić information content (AvgIpc) is 3.09. The van der Waals surface area contributed by atoms with Crippen LogP contribution in [0.5, 0.6) is 11.6 Å². The SMILES string of the molecule is CCOC(=O)c1c(C)[nH]c2ccc(Oc3ncnc(N4CCCCC4)c3[N+](=O)[O-])cc12. The van der Waals surface area contributed by atoms with Crippen molar-refractivity contribution in [1.29, 1.82) is 0 Å². The molecule has 1 aliphatic heterocycles. The van der Waals surface area contributed by atoms with Crippen molar-refractivity contribution in [3.05, 3.63) is 45.9 Å². The molecule has 1 aliphatic rings. The number of aromatic nitrogens is 3. The summed E-state index contributed by atoms with van der Waals surface area (Å²) in [5, 5.41) is 12.5. The highest BCUT2D eigenvalue weighted by Gasteiger charge is 2.29. The molecule has 4 rings (SSSR count). The van der Waals surface area contributed by atoms with Crippen LogP contribution in [0.2, 0.25) is 0 Å². The van der Waals surface area contributed by atoms with E-state index >= 15 is 0 Å². The summed E-state index contributed by atoms with van der Waals surface area (Å²) in [5.41, 5.74) is 1.55. The Morgan fingerprint density at radius 3 is 2.74 bits per heavy atom. The maximum atomic E-state index is 12.4. The van der Waals surface area contributed by atoms with E-state index in [-0.39, 0.29) is 24.0 Å². The number of nitrogens with one attached hydrogen (secondary N) is 1. The number of anilines is 1. The van der Waals surface area contributed by atoms with E-state index in [9.17, 15) is 14.9 Å². The van der Waals surface area contributed by atoms with Gasteiger partial charge in [-0.1, -0.05) is 0 Å². The third-order valence-electron chi connectivity index (χ3n) is 5.26. The van der Waals surface area contributed by atoms with Crippen LogP contribution in [0.1, 0.15) is 42.2 Å². The fraction of sp³-hybridized carbons (Fsp3) is 0.381. The van der Waals surface area contributed by atoms with E-state index in [0.717, 1.165) is 24.8 Å². The van der Waals surface area contributed by atoms with Crippen molar-refractivity contribution in [1.82, 2.24) is 15.0 Å². The van der Waals surface area contributed by atoms with Crippen LogP contribution in [-0.2, 0) is 4.74 Å². The first kappa shape index (κ1) is 20.6.